The van der Waals surface area contributed by atoms with Crippen LogP contribution in [0.15, 0.2) is 6.20 Å². The van der Waals surface area contributed by atoms with Crippen molar-refractivity contribution in [3.05, 3.63) is 11.9 Å². The van der Waals surface area contributed by atoms with Gasteiger partial charge in [0.05, 0.1) is 5.69 Å². The molecule has 108 valence electrons. The summed E-state index contributed by atoms with van der Waals surface area (Å²) in [5.74, 6) is 1.67. The molecule has 1 unspecified atom stereocenters. The van der Waals surface area contributed by atoms with Gasteiger partial charge in [-0.05, 0) is 45.7 Å². The van der Waals surface area contributed by atoms with Crippen molar-refractivity contribution in [2.24, 2.45) is 5.92 Å². The smallest absolute Gasteiger partial charge is 0.203 e. The molecule has 2 heterocycles. The summed E-state index contributed by atoms with van der Waals surface area (Å²) >= 11 is 0. The number of nitrogens with one attached hydrogen (secondary N) is 1. The van der Waals surface area contributed by atoms with Crippen LogP contribution in [-0.4, -0.2) is 40.1 Å². The van der Waals surface area contributed by atoms with Gasteiger partial charge in [0, 0.05) is 25.3 Å². The van der Waals surface area contributed by atoms with E-state index in [2.05, 4.69) is 53.7 Å². The lowest BCUT2D eigenvalue weighted by Gasteiger charge is -2.24. The van der Waals surface area contributed by atoms with E-state index in [1.165, 1.54) is 25.9 Å². The highest BCUT2D eigenvalue weighted by Crippen LogP contribution is 2.14. The van der Waals surface area contributed by atoms with Gasteiger partial charge in [-0.2, -0.15) is 0 Å². The number of anilines is 1. The lowest BCUT2D eigenvalue weighted by molar-refractivity contribution is 0.268. The topological polar surface area (TPSA) is 33.1 Å². The van der Waals surface area contributed by atoms with E-state index in [-0.39, 0.29) is 0 Å². The van der Waals surface area contributed by atoms with Crippen LogP contribution in [0, 0.1) is 12.8 Å². The van der Waals surface area contributed by atoms with Crippen molar-refractivity contribution in [2.45, 2.75) is 53.1 Å². The van der Waals surface area contributed by atoms with Gasteiger partial charge in [0.15, 0.2) is 0 Å². The maximum Gasteiger partial charge on any atom is 0.203 e. The highest BCUT2D eigenvalue weighted by molar-refractivity contribution is 5.29. The normalized spacial score (nSPS) is 18.2. The molecule has 1 aliphatic heterocycles. The molecule has 1 saturated heterocycles. The van der Waals surface area contributed by atoms with Crippen molar-refractivity contribution in [1.82, 2.24) is 14.5 Å². The molecule has 0 aliphatic carbocycles. The molecule has 2 rings (SSSR count). The Labute approximate surface area is 117 Å². The zero-order valence-corrected chi connectivity index (χ0v) is 12.8. The van der Waals surface area contributed by atoms with Gasteiger partial charge in [0.2, 0.25) is 5.95 Å². The number of aryl methyl sites for hydroxylation is 1. The van der Waals surface area contributed by atoms with Crippen molar-refractivity contribution < 1.29 is 0 Å². The van der Waals surface area contributed by atoms with Crippen LogP contribution >= 0.6 is 0 Å². The first-order valence-corrected chi connectivity index (χ1v) is 7.58. The second-order valence-electron chi connectivity index (χ2n) is 6.23. The number of rotatable bonds is 6. The molecule has 0 aromatic carbocycles. The SMILES string of the molecule is Cc1cn(CC(C)C)c(NCC(C)N2CCCC2)n1. The minimum absolute atomic E-state index is 0.590. The number of hydrogen-bond donors (Lipinski definition) is 1. The van der Waals surface area contributed by atoms with Gasteiger partial charge in [0.1, 0.15) is 0 Å². The van der Waals surface area contributed by atoms with Crippen molar-refractivity contribution in [3.8, 4) is 0 Å². The standard InChI is InChI=1S/C15H28N4/c1-12(2)10-19-11-13(3)17-15(19)16-9-14(4)18-7-5-6-8-18/h11-12,14H,5-10H2,1-4H3,(H,16,17). The molecule has 1 aliphatic rings. The fourth-order valence-electron chi connectivity index (χ4n) is 2.77. The molecule has 0 amide bonds. The molecule has 4 nitrogen and oxygen atoms in total. The monoisotopic (exact) mass is 264 g/mol. The number of aromatic nitrogens is 2. The lowest BCUT2D eigenvalue weighted by atomic mass is 10.2. The molecule has 1 aromatic rings. The van der Waals surface area contributed by atoms with Crippen LogP contribution in [0.5, 0.6) is 0 Å². The Morgan fingerprint density at radius 3 is 2.58 bits per heavy atom. The van der Waals surface area contributed by atoms with Crippen LogP contribution in [0.1, 0.15) is 39.3 Å². The Hall–Kier alpha value is -1.03. The third-order valence-electron chi connectivity index (χ3n) is 3.78. The van der Waals surface area contributed by atoms with E-state index < -0.39 is 0 Å². The molecule has 0 saturated carbocycles. The van der Waals surface area contributed by atoms with Gasteiger partial charge in [-0.25, -0.2) is 4.98 Å². The summed E-state index contributed by atoms with van der Waals surface area (Å²) in [6.07, 6.45) is 4.85. The summed E-state index contributed by atoms with van der Waals surface area (Å²) in [6.45, 7) is 13.4. The molecular formula is C15H28N4. The van der Waals surface area contributed by atoms with E-state index in [9.17, 15) is 0 Å². The van der Waals surface area contributed by atoms with E-state index in [4.69, 9.17) is 0 Å². The van der Waals surface area contributed by atoms with Gasteiger partial charge >= 0.3 is 0 Å². The minimum atomic E-state index is 0.590. The Bertz CT molecular complexity index is 391. The second kappa shape index (κ2) is 6.42. The van der Waals surface area contributed by atoms with Crippen molar-refractivity contribution in [2.75, 3.05) is 25.0 Å². The van der Waals surface area contributed by atoms with Gasteiger partial charge in [-0.3, -0.25) is 4.90 Å². The summed E-state index contributed by atoms with van der Waals surface area (Å²) in [5, 5.41) is 3.53. The molecule has 0 bridgehead atoms. The molecular weight excluding hydrogens is 236 g/mol. The van der Waals surface area contributed by atoms with Crippen LogP contribution in [0.25, 0.3) is 0 Å². The third-order valence-corrected chi connectivity index (χ3v) is 3.78. The predicted molar refractivity (Wildman–Crippen MR) is 80.6 cm³/mol. The van der Waals surface area contributed by atoms with E-state index in [0.29, 0.717) is 12.0 Å². The zero-order chi connectivity index (χ0) is 13.8. The molecule has 0 spiro atoms. The average molecular weight is 264 g/mol. The van der Waals surface area contributed by atoms with Gasteiger partial charge in [0.25, 0.3) is 0 Å². The highest BCUT2D eigenvalue weighted by Gasteiger charge is 2.18. The van der Waals surface area contributed by atoms with Crippen LogP contribution < -0.4 is 5.32 Å². The molecule has 0 radical (unpaired) electrons. The maximum atomic E-state index is 4.60. The number of likely N-dealkylation sites (tertiary alicyclic amines) is 1. The number of imidazole rings is 1. The van der Waals surface area contributed by atoms with Gasteiger partial charge in [-0.1, -0.05) is 13.8 Å². The fraction of sp³-hybridized carbons (Fsp3) is 0.800. The second-order valence-corrected chi connectivity index (χ2v) is 6.23. The van der Waals surface area contributed by atoms with E-state index in [1.54, 1.807) is 0 Å². The minimum Gasteiger partial charge on any atom is -0.354 e. The highest BCUT2D eigenvalue weighted by atomic mass is 15.2. The third kappa shape index (κ3) is 3.96. The first kappa shape index (κ1) is 14.4. The Morgan fingerprint density at radius 2 is 1.95 bits per heavy atom. The molecule has 19 heavy (non-hydrogen) atoms. The van der Waals surface area contributed by atoms with Crippen LogP contribution in [0.2, 0.25) is 0 Å². The number of hydrogen-bond acceptors (Lipinski definition) is 3. The fourth-order valence-corrected chi connectivity index (χ4v) is 2.77. The molecule has 1 N–H and O–H groups in total. The Kier molecular flexibility index (Phi) is 4.86. The first-order valence-electron chi connectivity index (χ1n) is 7.58. The van der Waals surface area contributed by atoms with Crippen molar-refractivity contribution >= 4 is 5.95 Å². The van der Waals surface area contributed by atoms with E-state index in [0.717, 1.165) is 24.7 Å². The summed E-state index contributed by atoms with van der Waals surface area (Å²) in [6, 6.07) is 0.590. The van der Waals surface area contributed by atoms with E-state index >= 15 is 0 Å². The predicted octanol–water partition coefficient (Wildman–Crippen LogP) is 2.74. The largest absolute Gasteiger partial charge is 0.354 e. The average Bonchev–Trinajstić information content (AvgIpc) is 2.95. The summed E-state index contributed by atoms with van der Waals surface area (Å²) in [7, 11) is 0. The molecule has 1 aromatic heterocycles. The summed E-state index contributed by atoms with van der Waals surface area (Å²) in [5.41, 5.74) is 1.09. The van der Waals surface area contributed by atoms with Crippen molar-refractivity contribution in [1.29, 1.82) is 0 Å². The molecule has 4 heteroatoms. The summed E-state index contributed by atoms with van der Waals surface area (Å²) in [4.78, 5) is 7.16. The van der Waals surface area contributed by atoms with Gasteiger partial charge < -0.3 is 9.88 Å². The molecule has 1 atom stereocenters. The van der Waals surface area contributed by atoms with Crippen molar-refractivity contribution in [3.63, 3.8) is 0 Å². The van der Waals surface area contributed by atoms with Gasteiger partial charge in [-0.15, -0.1) is 0 Å². The zero-order valence-electron chi connectivity index (χ0n) is 12.8. The Morgan fingerprint density at radius 1 is 1.26 bits per heavy atom. The van der Waals surface area contributed by atoms with Crippen LogP contribution in [0.3, 0.4) is 0 Å². The van der Waals surface area contributed by atoms with E-state index in [1.807, 2.05) is 0 Å². The maximum absolute atomic E-state index is 4.60. The van der Waals surface area contributed by atoms with Crippen LogP contribution in [-0.2, 0) is 6.54 Å². The molecule has 1 fully saturated rings. The Balaban J connectivity index is 1.90. The first-order chi connectivity index (χ1) is 9.06. The van der Waals surface area contributed by atoms with Crippen LogP contribution in [0.4, 0.5) is 5.95 Å². The summed E-state index contributed by atoms with van der Waals surface area (Å²) < 4.78 is 2.25. The quantitative estimate of drug-likeness (QED) is 0.857. The number of nitrogens with zero attached hydrogens (tertiary/aromatic N) is 3. The lowest BCUT2D eigenvalue weighted by Crippen LogP contribution is -2.36.